The van der Waals surface area contributed by atoms with Crippen molar-refractivity contribution < 1.29 is 9.13 Å². The van der Waals surface area contributed by atoms with Crippen LogP contribution in [-0.4, -0.2) is 6.61 Å². The molecule has 1 aliphatic heterocycles. The van der Waals surface area contributed by atoms with Crippen LogP contribution >= 0.6 is 0 Å². The number of hydrogen-bond acceptors (Lipinski definition) is 2. The van der Waals surface area contributed by atoms with Gasteiger partial charge in [0.1, 0.15) is 11.6 Å². The monoisotopic (exact) mass is 271 g/mol. The molecule has 2 aromatic carbocycles. The maximum atomic E-state index is 13.5. The summed E-state index contributed by atoms with van der Waals surface area (Å²) in [5.74, 6) is 0.595. The fourth-order valence-corrected chi connectivity index (χ4v) is 2.76. The third-order valence-corrected chi connectivity index (χ3v) is 3.92. The zero-order chi connectivity index (χ0) is 14.2. The van der Waals surface area contributed by atoms with Crippen LogP contribution in [0.4, 0.5) is 4.39 Å². The second-order valence-corrected chi connectivity index (χ2v) is 5.46. The Morgan fingerprint density at radius 1 is 1.20 bits per heavy atom. The van der Waals surface area contributed by atoms with E-state index in [9.17, 15) is 4.39 Å². The molecular formula is C17H18FNO. The van der Waals surface area contributed by atoms with Crippen LogP contribution in [0.25, 0.3) is 0 Å². The third-order valence-electron chi connectivity index (χ3n) is 3.92. The number of nitrogens with two attached hydrogens (primary N) is 1. The van der Waals surface area contributed by atoms with E-state index in [1.807, 2.05) is 25.1 Å². The van der Waals surface area contributed by atoms with Gasteiger partial charge in [0.25, 0.3) is 0 Å². The molecule has 0 aromatic heterocycles. The molecule has 0 fully saturated rings. The van der Waals surface area contributed by atoms with E-state index in [1.54, 1.807) is 6.07 Å². The molecule has 0 aliphatic carbocycles. The molecule has 2 aromatic rings. The highest BCUT2D eigenvalue weighted by Crippen LogP contribution is 2.37. The van der Waals surface area contributed by atoms with Crippen molar-refractivity contribution >= 4 is 0 Å². The minimum atomic E-state index is -0.773. The average molecular weight is 271 g/mol. The second kappa shape index (κ2) is 4.91. The molecule has 1 atom stereocenters. The van der Waals surface area contributed by atoms with Crippen LogP contribution in [0.5, 0.6) is 5.75 Å². The lowest BCUT2D eigenvalue weighted by Gasteiger charge is -2.30. The Balaban J connectivity index is 2.12. The van der Waals surface area contributed by atoms with E-state index < -0.39 is 5.54 Å². The van der Waals surface area contributed by atoms with E-state index in [4.69, 9.17) is 10.5 Å². The van der Waals surface area contributed by atoms with Crippen molar-refractivity contribution in [1.29, 1.82) is 0 Å². The molecule has 104 valence electrons. The van der Waals surface area contributed by atoms with Gasteiger partial charge in [-0.2, -0.15) is 0 Å². The summed E-state index contributed by atoms with van der Waals surface area (Å²) in [5, 5.41) is 0. The van der Waals surface area contributed by atoms with Gasteiger partial charge >= 0.3 is 0 Å². The first-order chi connectivity index (χ1) is 9.59. The Kier molecular flexibility index (Phi) is 3.22. The van der Waals surface area contributed by atoms with E-state index in [1.165, 1.54) is 17.7 Å². The van der Waals surface area contributed by atoms with Crippen molar-refractivity contribution in [3.8, 4) is 5.75 Å². The summed E-state index contributed by atoms with van der Waals surface area (Å²) in [6.45, 7) is 2.61. The summed E-state index contributed by atoms with van der Waals surface area (Å²) >= 11 is 0. The molecule has 0 spiro atoms. The Morgan fingerprint density at radius 2 is 2.00 bits per heavy atom. The molecular weight excluding hydrogens is 253 g/mol. The van der Waals surface area contributed by atoms with Gasteiger partial charge in [-0.05, 0) is 43.0 Å². The standard InChI is InChI=1S/C17H18FNO/c1-17(19,13-7-3-8-14(18)11-13)15-9-2-5-12-6-4-10-20-16(12)15/h2-3,5,7-9,11H,4,6,10,19H2,1H3. The van der Waals surface area contributed by atoms with Crippen LogP contribution < -0.4 is 10.5 Å². The lowest BCUT2D eigenvalue weighted by molar-refractivity contribution is 0.280. The zero-order valence-corrected chi connectivity index (χ0v) is 11.5. The quantitative estimate of drug-likeness (QED) is 0.909. The van der Waals surface area contributed by atoms with Gasteiger partial charge in [0, 0.05) is 5.56 Å². The maximum absolute atomic E-state index is 13.5. The highest BCUT2D eigenvalue weighted by molar-refractivity contribution is 5.50. The first-order valence-corrected chi connectivity index (χ1v) is 6.89. The Morgan fingerprint density at radius 3 is 2.80 bits per heavy atom. The predicted molar refractivity (Wildman–Crippen MR) is 77.3 cm³/mol. The van der Waals surface area contributed by atoms with Gasteiger partial charge < -0.3 is 10.5 Å². The number of ether oxygens (including phenoxy) is 1. The van der Waals surface area contributed by atoms with E-state index in [-0.39, 0.29) is 5.82 Å². The Bertz CT molecular complexity index is 637. The fraction of sp³-hybridized carbons (Fsp3) is 0.294. The van der Waals surface area contributed by atoms with Crippen LogP contribution in [0.1, 0.15) is 30.0 Å². The smallest absolute Gasteiger partial charge is 0.127 e. The molecule has 0 radical (unpaired) electrons. The van der Waals surface area contributed by atoms with Crippen molar-refractivity contribution in [3.05, 3.63) is 65.0 Å². The SMILES string of the molecule is CC(N)(c1cccc(F)c1)c1cccc2c1OCCC2. The molecule has 0 amide bonds. The summed E-state index contributed by atoms with van der Waals surface area (Å²) in [7, 11) is 0. The van der Waals surface area contributed by atoms with Crippen LogP contribution in [0, 0.1) is 5.82 Å². The molecule has 1 aliphatic rings. The normalized spacial score (nSPS) is 16.9. The summed E-state index contributed by atoms with van der Waals surface area (Å²) < 4.78 is 19.3. The van der Waals surface area contributed by atoms with Gasteiger partial charge in [0.2, 0.25) is 0 Å². The lowest BCUT2D eigenvalue weighted by atomic mass is 9.83. The first kappa shape index (κ1) is 13.1. The molecule has 3 heteroatoms. The minimum absolute atomic E-state index is 0.273. The van der Waals surface area contributed by atoms with Gasteiger partial charge in [0.05, 0.1) is 12.1 Å². The third kappa shape index (κ3) is 2.18. The van der Waals surface area contributed by atoms with Gasteiger partial charge in [-0.3, -0.25) is 0 Å². The Labute approximate surface area is 118 Å². The second-order valence-electron chi connectivity index (χ2n) is 5.46. The first-order valence-electron chi connectivity index (χ1n) is 6.89. The number of aryl methyl sites for hydroxylation is 1. The van der Waals surface area contributed by atoms with Crippen LogP contribution in [0.3, 0.4) is 0 Å². The molecule has 20 heavy (non-hydrogen) atoms. The van der Waals surface area contributed by atoms with Crippen molar-refractivity contribution in [3.63, 3.8) is 0 Å². The van der Waals surface area contributed by atoms with Crippen LogP contribution in [0.2, 0.25) is 0 Å². The van der Waals surface area contributed by atoms with Gasteiger partial charge in [-0.1, -0.05) is 30.3 Å². The molecule has 1 heterocycles. The van der Waals surface area contributed by atoms with Crippen LogP contribution in [0.15, 0.2) is 42.5 Å². The number of halogens is 1. The molecule has 0 saturated heterocycles. The van der Waals surface area contributed by atoms with Crippen molar-refractivity contribution in [2.24, 2.45) is 5.73 Å². The molecule has 1 unspecified atom stereocenters. The van der Waals surface area contributed by atoms with E-state index >= 15 is 0 Å². The Hall–Kier alpha value is -1.87. The minimum Gasteiger partial charge on any atom is -0.493 e. The molecule has 2 N–H and O–H groups in total. The van der Waals surface area contributed by atoms with Gasteiger partial charge in [-0.25, -0.2) is 4.39 Å². The van der Waals surface area contributed by atoms with E-state index in [0.29, 0.717) is 6.61 Å². The highest BCUT2D eigenvalue weighted by Gasteiger charge is 2.29. The van der Waals surface area contributed by atoms with Crippen molar-refractivity contribution in [2.45, 2.75) is 25.3 Å². The summed E-state index contributed by atoms with van der Waals surface area (Å²) in [6, 6.07) is 12.5. The number of fused-ring (bicyclic) bond motifs is 1. The van der Waals surface area contributed by atoms with Crippen LogP contribution in [-0.2, 0) is 12.0 Å². The number of benzene rings is 2. The summed E-state index contributed by atoms with van der Waals surface area (Å²) in [5.41, 5.74) is 8.58. The topological polar surface area (TPSA) is 35.2 Å². The molecule has 0 bridgehead atoms. The molecule has 3 rings (SSSR count). The fourth-order valence-electron chi connectivity index (χ4n) is 2.76. The summed E-state index contributed by atoms with van der Waals surface area (Å²) in [6.07, 6.45) is 2.03. The largest absolute Gasteiger partial charge is 0.493 e. The number of hydrogen-bond donors (Lipinski definition) is 1. The van der Waals surface area contributed by atoms with Crippen molar-refractivity contribution in [1.82, 2.24) is 0 Å². The van der Waals surface area contributed by atoms with Gasteiger partial charge in [-0.15, -0.1) is 0 Å². The number of para-hydroxylation sites is 1. The highest BCUT2D eigenvalue weighted by atomic mass is 19.1. The zero-order valence-electron chi connectivity index (χ0n) is 11.5. The van der Waals surface area contributed by atoms with E-state index in [0.717, 1.165) is 29.7 Å². The summed E-state index contributed by atoms with van der Waals surface area (Å²) in [4.78, 5) is 0. The van der Waals surface area contributed by atoms with Crippen molar-refractivity contribution in [2.75, 3.05) is 6.61 Å². The number of rotatable bonds is 2. The lowest BCUT2D eigenvalue weighted by Crippen LogP contribution is -2.35. The molecule has 2 nitrogen and oxygen atoms in total. The maximum Gasteiger partial charge on any atom is 0.127 e. The molecule has 0 saturated carbocycles. The average Bonchev–Trinajstić information content (AvgIpc) is 2.46. The van der Waals surface area contributed by atoms with Gasteiger partial charge in [0.15, 0.2) is 0 Å². The predicted octanol–water partition coefficient (Wildman–Crippen LogP) is 3.37. The van der Waals surface area contributed by atoms with E-state index in [2.05, 4.69) is 6.07 Å².